The van der Waals surface area contributed by atoms with Crippen molar-refractivity contribution < 1.29 is 26.7 Å². The molecule has 0 radical (unpaired) electrons. The Bertz CT molecular complexity index is 4320. The third kappa shape index (κ3) is 9.95. The van der Waals surface area contributed by atoms with Gasteiger partial charge in [0.25, 0.3) is 0 Å². The van der Waals surface area contributed by atoms with E-state index < -0.39 is 40.1 Å². The molecule has 3 heterocycles. The number of halogens is 5. The number of nitrogens with zero attached hydrogens (tertiary/aromatic N) is 4. The van der Waals surface area contributed by atoms with Crippen molar-refractivity contribution in [1.29, 1.82) is 0 Å². The SMILES string of the molecule is CC(C)c1cc(-c2cc(C(C)(C)C)cc(-c3c(F)c(F)c(F)c(F)c3F)c2N2CN(c3cc(Oc4ccc5c6ccccc6n(-c6cc(C(C)(C)C)ccn6)c5c4)cc(-c4ccccc4-c4ccccc4)c3)c3ccccc32)cc(C(C)C)c1. The summed E-state index contributed by atoms with van der Waals surface area (Å²) in [5, 5.41) is 2.12. The summed E-state index contributed by atoms with van der Waals surface area (Å²) in [6.07, 6.45) is 1.86. The molecule has 0 unspecified atom stereocenters. The van der Waals surface area contributed by atoms with Crippen molar-refractivity contribution in [3.63, 3.8) is 0 Å². The van der Waals surface area contributed by atoms with Gasteiger partial charge in [-0.15, -0.1) is 0 Å². The topological polar surface area (TPSA) is 33.5 Å². The third-order valence-electron chi connectivity index (χ3n) is 16.3. The zero-order valence-electron chi connectivity index (χ0n) is 48.8. The van der Waals surface area contributed by atoms with Crippen LogP contribution in [-0.4, -0.2) is 16.2 Å². The third-order valence-corrected chi connectivity index (χ3v) is 16.3. The summed E-state index contributed by atoms with van der Waals surface area (Å²) in [6.45, 7) is 21.0. The lowest BCUT2D eigenvalue weighted by molar-refractivity contribution is 0.381. The first kappa shape index (κ1) is 55.5. The normalized spacial score (nSPS) is 12.8. The number of rotatable bonds is 11. The number of pyridine rings is 1. The van der Waals surface area contributed by atoms with Crippen LogP contribution in [0.1, 0.15) is 103 Å². The van der Waals surface area contributed by atoms with Crippen molar-refractivity contribution in [2.45, 2.75) is 91.9 Å². The van der Waals surface area contributed by atoms with Crippen molar-refractivity contribution >= 4 is 44.6 Å². The molecule has 84 heavy (non-hydrogen) atoms. The number of hydrogen-bond acceptors (Lipinski definition) is 4. The van der Waals surface area contributed by atoms with Crippen LogP contribution in [0.4, 0.5) is 44.7 Å². The fourth-order valence-corrected chi connectivity index (χ4v) is 11.7. The zero-order chi connectivity index (χ0) is 59.1. The van der Waals surface area contributed by atoms with Crippen molar-refractivity contribution in [3.05, 3.63) is 240 Å². The number of para-hydroxylation sites is 3. The molecule has 5 nitrogen and oxygen atoms in total. The van der Waals surface area contributed by atoms with E-state index in [9.17, 15) is 0 Å². The van der Waals surface area contributed by atoms with Crippen molar-refractivity contribution in [2.24, 2.45) is 0 Å². The second-order valence-electron chi connectivity index (χ2n) is 24.7. The van der Waals surface area contributed by atoms with Gasteiger partial charge in [0, 0.05) is 45.9 Å². The number of benzene rings is 9. The summed E-state index contributed by atoms with van der Waals surface area (Å²) in [7, 11) is 0. The quantitative estimate of drug-likeness (QED) is 0.0734. The number of ether oxygens (including phenoxy) is 1. The molecule has 0 spiro atoms. The fourth-order valence-electron chi connectivity index (χ4n) is 11.7. The minimum atomic E-state index is -2.22. The summed E-state index contributed by atoms with van der Waals surface area (Å²) in [5.41, 5.74) is 11.4. The van der Waals surface area contributed by atoms with Crippen LogP contribution in [-0.2, 0) is 10.8 Å². The number of anilines is 4. The van der Waals surface area contributed by atoms with Gasteiger partial charge in [0.15, 0.2) is 23.3 Å². The van der Waals surface area contributed by atoms with Gasteiger partial charge in [-0.05, 0) is 139 Å². The van der Waals surface area contributed by atoms with Crippen LogP contribution in [0.5, 0.6) is 11.5 Å². The van der Waals surface area contributed by atoms with Gasteiger partial charge < -0.3 is 14.5 Å². The second-order valence-corrected chi connectivity index (χ2v) is 24.7. The predicted molar refractivity (Wildman–Crippen MR) is 334 cm³/mol. The minimum Gasteiger partial charge on any atom is -0.457 e. The maximum Gasteiger partial charge on any atom is 0.200 e. The van der Waals surface area contributed by atoms with Gasteiger partial charge in [-0.25, -0.2) is 26.9 Å². The number of hydrogen-bond donors (Lipinski definition) is 0. The first-order valence-corrected chi connectivity index (χ1v) is 28.6. The molecule has 0 fully saturated rings. The van der Waals surface area contributed by atoms with Gasteiger partial charge in [-0.3, -0.25) is 4.57 Å². The van der Waals surface area contributed by atoms with Gasteiger partial charge >= 0.3 is 0 Å². The zero-order valence-corrected chi connectivity index (χ0v) is 48.8. The molecule has 2 aromatic heterocycles. The Balaban J connectivity index is 1.08. The molecule has 0 amide bonds. The van der Waals surface area contributed by atoms with Crippen LogP contribution < -0.4 is 14.5 Å². The van der Waals surface area contributed by atoms with E-state index >= 15 is 22.0 Å². The lowest BCUT2D eigenvalue weighted by Crippen LogP contribution is -2.25. The van der Waals surface area contributed by atoms with E-state index in [2.05, 4.69) is 143 Å². The van der Waals surface area contributed by atoms with Crippen LogP contribution >= 0.6 is 0 Å². The molecule has 0 bridgehead atoms. The van der Waals surface area contributed by atoms with E-state index in [0.29, 0.717) is 34.0 Å². The van der Waals surface area contributed by atoms with E-state index in [1.807, 2.05) is 123 Å². The van der Waals surface area contributed by atoms with E-state index in [1.54, 1.807) is 6.07 Å². The molecule has 0 atom stereocenters. The molecule has 12 rings (SSSR count). The van der Waals surface area contributed by atoms with E-state index in [1.165, 1.54) is 0 Å². The highest BCUT2D eigenvalue weighted by molar-refractivity contribution is 6.09. The Morgan fingerprint density at radius 2 is 1.00 bits per heavy atom. The van der Waals surface area contributed by atoms with Crippen LogP contribution in [0, 0.1) is 29.1 Å². The van der Waals surface area contributed by atoms with Gasteiger partial charge in [0.1, 0.15) is 24.0 Å². The van der Waals surface area contributed by atoms with Crippen LogP contribution in [0.2, 0.25) is 0 Å². The average molecular weight is 1120 g/mol. The Hall–Kier alpha value is -9.02. The molecule has 10 heteroatoms. The smallest absolute Gasteiger partial charge is 0.200 e. The maximum absolute atomic E-state index is 16.8. The monoisotopic (exact) mass is 1120 g/mol. The molecule has 9 aromatic carbocycles. The van der Waals surface area contributed by atoms with Crippen molar-refractivity contribution in [3.8, 4) is 61.8 Å². The summed E-state index contributed by atoms with van der Waals surface area (Å²) in [4.78, 5) is 8.98. The second kappa shape index (κ2) is 21.3. The molecule has 1 aliphatic heterocycles. The summed E-state index contributed by atoms with van der Waals surface area (Å²) in [6, 6.07) is 60.9. The Morgan fingerprint density at radius 3 is 1.65 bits per heavy atom. The highest BCUT2D eigenvalue weighted by Crippen LogP contribution is 2.54. The Labute approximate surface area is 488 Å². The highest BCUT2D eigenvalue weighted by atomic mass is 19.2. The molecular weight excluding hydrogens is 1060 g/mol. The van der Waals surface area contributed by atoms with Gasteiger partial charge in [-0.1, -0.05) is 172 Å². The van der Waals surface area contributed by atoms with Crippen molar-refractivity contribution in [2.75, 3.05) is 16.5 Å². The van der Waals surface area contributed by atoms with Gasteiger partial charge in [0.2, 0.25) is 5.82 Å². The largest absolute Gasteiger partial charge is 0.457 e. The van der Waals surface area contributed by atoms with Crippen LogP contribution in [0.3, 0.4) is 0 Å². The molecule has 0 saturated heterocycles. The molecular formula is C74H65F5N4O. The maximum atomic E-state index is 16.8. The highest BCUT2D eigenvalue weighted by Gasteiger charge is 2.37. The average Bonchev–Trinajstić information content (AvgIpc) is 2.04. The van der Waals surface area contributed by atoms with Gasteiger partial charge in [-0.2, -0.15) is 0 Å². The molecule has 422 valence electrons. The molecule has 0 saturated carbocycles. The van der Waals surface area contributed by atoms with E-state index in [-0.39, 0.29) is 35.2 Å². The predicted octanol–water partition coefficient (Wildman–Crippen LogP) is 21.4. The lowest BCUT2D eigenvalue weighted by Gasteiger charge is -2.31. The number of aromatic nitrogens is 2. The minimum absolute atomic E-state index is 0.0560. The molecule has 0 aliphatic carbocycles. The van der Waals surface area contributed by atoms with Crippen molar-refractivity contribution in [1.82, 2.24) is 9.55 Å². The van der Waals surface area contributed by atoms with Crippen LogP contribution in [0.15, 0.2) is 188 Å². The first-order chi connectivity index (χ1) is 40.1. The Kier molecular flexibility index (Phi) is 14.1. The molecule has 0 N–H and O–H groups in total. The molecule has 11 aromatic rings. The van der Waals surface area contributed by atoms with Crippen LogP contribution in [0.25, 0.3) is 72.1 Å². The fraction of sp³-hybridized carbons (Fsp3) is 0.203. The Morgan fingerprint density at radius 1 is 0.440 bits per heavy atom. The summed E-state index contributed by atoms with van der Waals surface area (Å²) < 4.78 is 89.6. The first-order valence-electron chi connectivity index (χ1n) is 28.6. The number of fused-ring (bicyclic) bond motifs is 4. The van der Waals surface area contributed by atoms with E-state index in [4.69, 9.17) is 9.72 Å². The van der Waals surface area contributed by atoms with Gasteiger partial charge in [0.05, 0.1) is 33.7 Å². The van der Waals surface area contributed by atoms with E-state index in [0.717, 1.165) is 77.8 Å². The molecule has 1 aliphatic rings. The lowest BCUT2D eigenvalue weighted by atomic mass is 9.81. The standard InChI is InChI=1S/C74H65F5N4O/c1-43(2)46-32-47(44(3)4)34-48(33-46)59-37-51(74(8,9)10)38-60(66-67(75)69(77)71(79)70(78)68(66)76)72(59)82-42-81(62-26-18-19-27-63(62)82)52-35-49(56-23-15-14-22-55(56)45-20-12-11-13-21-45)36-54(40-52)84-53-28-29-58-57-24-16-17-25-61(57)83(64(58)41-53)65-39-50(30-31-80-65)73(5,6)7/h11-41,43-44H,42H2,1-10H3. The summed E-state index contributed by atoms with van der Waals surface area (Å²) >= 11 is 0. The summed E-state index contributed by atoms with van der Waals surface area (Å²) in [5.74, 6) is -7.98.